The summed E-state index contributed by atoms with van der Waals surface area (Å²) >= 11 is 0. The van der Waals surface area contributed by atoms with Gasteiger partial charge in [0, 0.05) is 0 Å². The van der Waals surface area contributed by atoms with Crippen LogP contribution in [0.4, 0.5) is 0 Å². The van der Waals surface area contributed by atoms with Crippen LogP contribution in [0.5, 0.6) is 0 Å². The average molecular weight is 330 g/mol. The zero-order valence-electron chi connectivity index (χ0n) is 16.2. The van der Waals surface area contributed by atoms with E-state index in [1.54, 1.807) is 0 Å². The number of rotatable bonds is 5. The second-order valence-corrected chi connectivity index (χ2v) is 9.55. The molecule has 3 aliphatic carbocycles. The fourth-order valence-electron chi connectivity index (χ4n) is 6.70. The second kappa shape index (κ2) is 8.25. The maximum atomic E-state index is 9.74. The van der Waals surface area contributed by atoms with Crippen LogP contribution >= 0.6 is 0 Å². The van der Waals surface area contributed by atoms with Crippen molar-refractivity contribution in [3.05, 3.63) is 0 Å². The zero-order valence-corrected chi connectivity index (χ0v) is 16.2. The summed E-state index contributed by atoms with van der Waals surface area (Å²) in [4.78, 5) is 0. The van der Waals surface area contributed by atoms with Crippen LogP contribution in [0.3, 0.4) is 0 Å². The molecule has 0 heterocycles. The molecule has 0 aliphatic heterocycles. The van der Waals surface area contributed by atoms with Gasteiger partial charge in [0.1, 0.15) is 0 Å². The number of hydrogen-bond donors (Lipinski definition) is 0. The van der Waals surface area contributed by atoms with Gasteiger partial charge in [-0.25, -0.2) is 0 Å². The Morgan fingerprint density at radius 1 is 0.833 bits per heavy atom. The lowest BCUT2D eigenvalue weighted by Crippen LogP contribution is -2.38. The summed E-state index contributed by atoms with van der Waals surface area (Å²) in [5.74, 6) is 4.93. The summed E-state index contributed by atoms with van der Waals surface area (Å²) in [6, 6.07) is 2.74. The molecule has 1 heteroatoms. The third kappa shape index (κ3) is 4.00. The van der Waals surface area contributed by atoms with E-state index in [0.717, 1.165) is 36.0 Å². The van der Waals surface area contributed by atoms with Crippen LogP contribution in [0.2, 0.25) is 0 Å². The molecule has 0 radical (unpaired) electrons. The number of nitriles is 1. The minimum atomic E-state index is 0.0426. The topological polar surface area (TPSA) is 23.8 Å². The Balaban J connectivity index is 1.51. The van der Waals surface area contributed by atoms with Crippen molar-refractivity contribution in [3.8, 4) is 6.07 Å². The molecule has 4 unspecified atom stereocenters. The zero-order chi connectivity index (χ0) is 17.0. The van der Waals surface area contributed by atoms with E-state index in [1.807, 2.05) is 0 Å². The second-order valence-electron chi connectivity index (χ2n) is 9.55. The first kappa shape index (κ1) is 18.3. The Morgan fingerprint density at radius 3 is 2.17 bits per heavy atom. The first-order valence-electron chi connectivity index (χ1n) is 11.1. The van der Waals surface area contributed by atoms with Crippen molar-refractivity contribution in [2.45, 2.75) is 104 Å². The highest BCUT2D eigenvalue weighted by molar-refractivity contribution is 5.04. The van der Waals surface area contributed by atoms with Gasteiger partial charge in [-0.15, -0.1) is 0 Å². The van der Waals surface area contributed by atoms with Gasteiger partial charge in [-0.2, -0.15) is 5.26 Å². The Kier molecular flexibility index (Phi) is 6.28. The minimum absolute atomic E-state index is 0.0426. The van der Waals surface area contributed by atoms with E-state index >= 15 is 0 Å². The number of fused-ring (bicyclic) bond motifs is 1. The van der Waals surface area contributed by atoms with Crippen LogP contribution in [0.25, 0.3) is 0 Å². The van der Waals surface area contributed by atoms with Gasteiger partial charge in [-0.1, -0.05) is 46.0 Å². The SMILES string of the molecule is CCCC1CCC(C2CCC3CC(C#N)(CCC)CCC3C2)CC1. The molecule has 3 aliphatic rings. The smallest absolute Gasteiger partial charge is 0.0689 e. The predicted octanol–water partition coefficient (Wildman–Crippen LogP) is 7.12. The van der Waals surface area contributed by atoms with Crippen LogP contribution in [-0.2, 0) is 0 Å². The van der Waals surface area contributed by atoms with Gasteiger partial charge < -0.3 is 0 Å². The van der Waals surface area contributed by atoms with Crippen LogP contribution in [0.15, 0.2) is 0 Å². The van der Waals surface area contributed by atoms with Gasteiger partial charge in [0.2, 0.25) is 0 Å². The maximum Gasteiger partial charge on any atom is 0.0689 e. The molecule has 0 N–H and O–H groups in total. The largest absolute Gasteiger partial charge is 0.198 e. The van der Waals surface area contributed by atoms with Gasteiger partial charge in [0.25, 0.3) is 0 Å². The summed E-state index contributed by atoms with van der Waals surface area (Å²) in [5, 5.41) is 9.74. The lowest BCUT2D eigenvalue weighted by atomic mass is 9.57. The summed E-state index contributed by atoms with van der Waals surface area (Å²) in [7, 11) is 0. The fraction of sp³-hybridized carbons (Fsp3) is 0.957. The molecule has 0 aromatic carbocycles. The van der Waals surface area contributed by atoms with Gasteiger partial charge >= 0.3 is 0 Å². The van der Waals surface area contributed by atoms with E-state index in [2.05, 4.69) is 19.9 Å². The van der Waals surface area contributed by atoms with Gasteiger partial charge in [-0.3, -0.25) is 0 Å². The number of hydrogen-bond acceptors (Lipinski definition) is 1. The Bertz CT molecular complexity index is 428. The van der Waals surface area contributed by atoms with Crippen molar-refractivity contribution in [1.29, 1.82) is 5.26 Å². The van der Waals surface area contributed by atoms with Gasteiger partial charge in [0.15, 0.2) is 0 Å². The van der Waals surface area contributed by atoms with E-state index in [0.29, 0.717) is 0 Å². The normalized spacial score (nSPS) is 43.0. The molecule has 0 bridgehead atoms. The highest BCUT2D eigenvalue weighted by atomic mass is 14.5. The molecule has 0 saturated heterocycles. The van der Waals surface area contributed by atoms with Crippen LogP contribution in [0, 0.1) is 46.3 Å². The quantitative estimate of drug-likeness (QED) is 0.526. The third-order valence-electron chi connectivity index (χ3n) is 8.05. The lowest BCUT2D eigenvalue weighted by Gasteiger charge is -2.47. The van der Waals surface area contributed by atoms with Gasteiger partial charge in [-0.05, 0) is 87.4 Å². The molecule has 1 nitrogen and oxygen atoms in total. The molecule has 0 amide bonds. The summed E-state index contributed by atoms with van der Waals surface area (Å²) in [6.45, 7) is 4.59. The van der Waals surface area contributed by atoms with E-state index in [1.165, 1.54) is 83.5 Å². The van der Waals surface area contributed by atoms with Crippen molar-refractivity contribution in [1.82, 2.24) is 0 Å². The van der Waals surface area contributed by atoms with Crippen molar-refractivity contribution >= 4 is 0 Å². The molecule has 0 aromatic rings. The third-order valence-corrected chi connectivity index (χ3v) is 8.05. The molecule has 0 spiro atoms. The summed E-state index contributed by atoms with van der Waals surface area (Å²) in [5.41, 5.74) is 0.0426. The molecule has 24 heavy (non-hydrogen) atoms. The Morgan fingerprint density at radius 2 is 1.50 bits per heavy atom. The molecule has 4 atom stereocenters. The molecule has 136 valence electrons. The van der Waals surface area contributed by atoms with Crippen LogP contribution in [0.1, 0.15) is 104 Å². The van der Waals surface area contributed by atoms with Crippen LogP contribution < -0.4 is 0 Å². The first-order valence-corrected chi connectivity index (χ1v) is 11.1. The maximum absolute atomic E-state index is 9.74. The van der Waals surface area contributed by atoms with Crippen molar-refractivity contribution in [2.24, 2.45) is 35.0 Å². The molecular weight excluding hydrogens is 290 g/mol. The highest BCUT2D eigenvalue weighted by Gasteiger charge is 2.44. The standard InChI is InChI=1S/C23H39N/c1-3-5-18-6-8-19(9-7-18)20-10-11-22-16-23(17-24,13-4-2)14-12-21(22)15-20/h18-22H,3-16H2,1-2H3. The van der Waals surface area contributed by atoms with Crippen molar-refractivity contribution < 1.29 is 0 Å². The van der Waals surface area contributed by atoms with E-state index in [4.69, 9.17) is 0 Å². The highest BCUT2D eigenvalue weighted by Crippen LogP contribution is 2.53. The summed E-state index contributed by atoms with van der Waals surface area (Å²) in [6.07, 6.45) is 19.4. The molecule has 3 rings (SSSR count). The van der Waals surface area contributed by atoms with Crippen molar-refractivity contribution in [3.63, 3.8) is 0 Å². The molecular formula is C23H39N. The average Bonchev–Trinajstić information content (AvgIpc) is 2.62. The Hall–Kier alpha value is -0.510. The lowest BCUT2D eigenvalue weighted by molar-refractivity contribution is 0.0384. The Labute approximate surface area is 150 Å². The summed E-state index contributed by atoms with van der Waals surface area (Å²) < 4.78 is 0. The van der Waals surface area contributed by atoms with Crippen molar-refractivity contribution in [2.75, 3.05) is 0 Å². The fourth-order valence-corrected chi connectivity index (χ4v) is 6.70. The number of nitrogens with zero attached hydrogens (tertiary/aromatic N) is 1. The minimum Gasteiger partial charge on any atom is -0.198 e. The van der Waals surface area contributed by atoms with Crippen LogP contribution in [-0.4, -0.2) is 0 Å². The monoisotopic (exact) mass is 329 g/mol. The van der Waals surface area contributed by atoms with Gasteiger partial charge in [0.05, 0.1) is 11.5 Å². The molecule has 3 saturated carbocycles. The predicted molar refractivity (Wildman–Crippen MR) is 101 cm³/mol. The molecule has 3 fully saturated rings. The van der Waals surface area contributed by atoms with E-state index in [9.17, 15) is 5.26 Å². The van der Waals surface area contributed by atoms with E-state index < -0.39 is 0 Å². The molecule has 0 aromatic heterocycles. The van der Waals surface area contributed by atoms with E-state index in [-0.39, 0.29) is 5.41 Å². The first-order chi connectivity index (χ1) is 11.7.